The molecule has 0 bridgehead atoms. The minimum Gasteiger partial charge on any atom is -0.346 e. The van der Waals surface area contributed by atoms with E-state index in [1.807, 2.05) is 36.4 Å². The molecule has 1 aromatic carbocycles. The molecule has 3 heteroatoms. The fourth-order valence-electron chi connectivity index (χ4n) is 1.57. The molecule has 1 saturated heterocycles. The van der Waals surface area contributed by atoms with Gasteiger partial charge in [0, 0.05) is 12.0 Å². The molecule has 3 nitrogen and oxygen atoms in total. The van der Waals surface area contributed by atoms with Crippen molar-refractivity contribution >= 4 is 12.4 Å². The molecule has 1 aliphatic heterocycles. The first-order valence-corrected chi connectivity index (χ1v) is 5.33. The third-order valence-corrected chi connectivity index (χ3v) is 2.37. The third kappa shape index (κ3) is 2.78. The smallest absolute Gasteiger partial charge is 0.184 e. The Labute approximate surface area is 94.7 Å². The van der Waals surface area contributed by atoms with Crippen LogP contribution in [0.15, 0.2) is 30.3 Å². The maximum atomic E-state index is 10.1. The molecule has 16 heavy (non-hydrogen) atoms. The molecular formula is C13H14O3. The lowest BCUT2D eigenvalue weighted by molar-refractivity contribution is -0.107. The lowest BCUT2D eigenvalue weighted by Crippen LogP contribution is -1.97. The summed E-state index contributed by atoms with van der Waals surface area (Å²) in [5.41, 5.74) is 2.11. The zero-order valence-electron chi connectivity index (χ0n) is 8.96. The van der Waals surface area contributed by atoms with Crippen molar-refractivity contribution in [2.24, 2.45) is 0 Å². The summed E-state index contributed by atoms with van der Waals surface area (Å²) in [5, 5.41) is 0. The van der Waals surface area contributed by atoms with Gasteiger partial charge in [-0.3, -0.25) is 0 Å². The van der Waals surface area contributed by atoms with Crippen LogP contribution in [0.25, 0.3) is 6.08 Å². The second-order valence-electron chi connectivity index (χ2n) is 3.54. The van der Waals surface area contributed by atoms with Crippen LogP contribution < -0.4 is 0 Å². The summed E-state index contributed by atoms with van der Waals surface area (Å²) < 4.78 is 10.8. The Morgan fingerprint density at radius 2 is 1.88 bits per heavy atom. The van der Waals surface area contributed by atoms with E-state index < -0.39 is 0 Å². The number of aldehydes is 1. The maximum absolute atomic E-state index is 10.1. The summed E-state index contributed by atoms with van der Waals surface area (Å²) in [6.45, 7) is 1.32. The van der Waals surface area contributed by atoms with E-state index in [2.05, 4.69) is 0 Å². The molecule has 0 amide bonds. The minimum atomic E-state index is -0.215. The van der Waals surface area contributed by atoms with Gasteiger partial charge in [0.25, 0.3) is 0 Å². The molecule has 0 unspecified atom stereocenters. The molecule has 0 atom stereocenters. The summed E-state index contributed by atoms with van der Waals surface area (Å²) in [6.07, 6.45) is 4.88. The van der Waals surface area contributed by atoms with Crippen molar-refractivity contribution in [3.63, 3.8) is 0 Å². The first kappa shape index (κ1) is 11.0. The molecule has 1 heterocycles. The number of hydrogen-bond acceptors (Lipinski definition) is 3. The van der Waals surface area contributed by atoms with Crippen LogP contribution >= 0.6 is 0 Å². The summed E-state index contributed by atoms with van der Waals surface area (Å²) in [6, 6.07) is 7.94. The van der Waals surface area contributed by atoms with Gasteiger partial charge in [-0.1, -0.05) is 36.4 Å². The molecular weight excluding hydrogens is 204 g/mol. The molecule has 0 aromatic heterocycles. The molecule has 1 aliphatic rings. The van der Waals surface area contributed by atoms with Gasteiger partial charge in [-0.25, -0.2) is 0 Å². The molecule has 0 N–H and O–H groups in total. The van der Waals surface area contributed by atoms with Gasteiger partial charge in [-0.2, -0.15) is 0 Å². The monoisotopic (exact) mass is 218 g/mol. The highest BCUT2D eigenvalue weighted by molar-refractivity contribution is 5.58. The van der Waals surface area contributed by atoms with Gasteiger partial charge in [0.2, 0.25) is 0 Å². The molecule has 0 aliphatic carbocycles. The Balaban J connectivity index is 2.01. The zero-order chi connectivity index (χ0) is 11.2. The largest absolute Gasteiger partial charge is 0.346 e. The molecule has 2 rings (SSSR count). The van der Waals surface area contributed by atoms with E-state index in [9.17, 15) is 4.79 Å². The number of rotatable bonds is 4. The van der Waals surface area contributed by atoms with Crippen molar-refractivity contribution in [2.45, 2.75) is 12.7 Å². The summed E-state index contributed by atoms with van der Waals surface area (Å²) in [4.78, 5) is 10.1. The van der Waals surface area contributed by atoms with Crippen LogP contribution in [0.2, 0.25) is 0 Å². The van der Waals surface area contributed by atoms with E-state index in [0.717, 1.165) is 17.4 Å². The van der Waals surface area contributed by atoms with Crippen LogP contribution in [0.1, 0.15) is 23.8 Å². The van der Waals surface area contributed by atoms with Crippen LogP contribution in [0.4, 0.5) is 0 Å². The quantitative estimate of drug-likeness (QED) is 0.727. The maximum Gasteiger partial charge on any atom is 0.184 e. The average Bonchev–Trinajstić information content (AvgIpc) is 2.84. The second-order valence-corrected chi connectivity index (χ2v) is 3.54. The first-order chi connectivity index (χ1) is 7.90. The van der Waals surface area contributed by atoms with Crippen molar-refractivity contribution in [3.8, 4) is 0 Å². The summed E-state index contributed by atoms with van der Waals surface area (Å²) in [7, 11) is 0. The van der Waals surface area contributed by atoms with Gasteiger partial charge in [0.05, 0.1) is 13.2 Å². The average molecular weight is 218 g/mol. The number of ether oxygens (including phenoxy) is 2. The Hall–Kier alpha value is -1.45. The van der Waals surface area contributed by atoms with Gasteiger partial charge in [0.15, 0.2) is 6.29 Å². The minimum absolute atomic E-state index is 0.215. The number of hydrogen-bond donors (Lipinski definition) is 0. The Morgan fingerprint density at radius 3 is 2.50 bits per heavy atom. The van der Waals surface area contributed by atoms with Crippen LogP contribution in [0.5, 0.6) is 0 Å². The number of allylic oxidation sites excluding steroid dienone is 1. The van der Waals surface area contributed by atoms with Crippen molar-refractivity contribution in [1.82, 2.24) is 0 Å². The summed E-state index contributed by atoms with van der Waals surface area (Å²) in [5.74, 6) is 0. The van der Waals surface area contributed by atoms with E-state index in [-0.39, 0.29) is 6.29 Å². The Kier molecular flexibility index (Phi) is 3.86. The topological polar surface area (TPSA) is 35.5 Å². The van der Waals surface area contributed by atoms with Crippen molar-refractivity contribution in [2.75, 3.05) is 13.2 Å². The lowest BCUT2D eigenvalue weighted by Gasteiger charge is -2.08. The van der Waals surface area contributed by atoms with Crippen LogP contribution in [0.3, 0.4) is 0 Å². The first-order valence-electron chi connectivity index (χ1n) is 5.33. The highest BCUT2D eigenvalue weighted by Crippen LogP contribution is 2.23. The van der Waals surface area contributed by atoms with Crippen LogP contribution in [0, 0.1) is 0 Å². The zero-order valence-corrected chi connectivity index (χ0v) is 8.96. The van der Waals surface area contributed by atoms with Crippen LogP contribution in [-0.4, -0.2) is 19.5 Å². The fraction of sp³-hybridized carbons (Fsp3) is 0.308. The molecule has 1 aromatic rings. The third-order valence-electron chi connectivity index (χ3n) is 2.37. The predicted molar refractivity (Wildman–Crippen MR) is 60.8 cm³/mol. The highest BCUT2D eigenvalue weighted by Gasteiger charge is 2.17. The fourth-order valence-corrected chi connectivity index (χ4v) is 1.57. The number of benzene rings is 1. The van der Waals surface area contributed by atoms with E-state index >= 15 is 0 Å². The van der Waals surface area contributed by atoms with Gasteiger partial charge in [0.1, 0.15) is 6.29 Å². The predicted octanol–water partition coefficient (Wildman–Crippen LogP) is 2.33. The van der Waals surface area contributed by atoms with E-state index in [0.29, 0.717) is 19.6 Å². The van der Waals surface area contributed by atoms with Crippen molar-refractivity contribution in [3.05, 3.63) is 41.5 Å². The van der Waals surface area contributed by atoms with E-state index in [1.165, 1.54) is 0 Å². The molecule has 0 saturated carbocycles. The Bertz CT molecular complexity index is 361. The number of carbonyl (C=O) groups excluding carboxylic acids is 1. The van der Waals surface area contributed by atoms with Crippen molar-refractivity contribution in [1.29, 1.82) is 0 Å². The molecule has 0 radical (unpaired) electrons. The van der Waals surface area contributed by atoms with Crippen molar-refractivity contribution < 1.29 is 14.3 Å². The summed E-state index contributed by atoms with van der Waals surface area (Å²) >= 11 is 0. The molecule has 1 fully saturated rings. The standard InChI is InChI=1S/C13H14O3/c14-8-2-1-3-11-4-6-12(7-5-11)13-15-9-10-16-13/h1,3-8,13H,2,9-10H2. The van der Waals surface area contributed by atoms with Gasteiger partial charge in [-0.15, -0.1) is 0 Å². The van der Waals surface area contributed by atoms with Crippen LogP contribution in [-0.2, 0) is 14.3 Å². The number of carbonyl (C=O) groups is 1. The second kappa shape index (κ2) is 5.58. The highest BCUT2D eigenvalue weighted by atomic mass is 16.7. The van der Waals surface area contributed by atoms with E-state index in [4.69, 9.17) is 9.47 Å². The van der Waals surface area contributed by atoms with Gasteiger partial charge < -0.3 is 14.3 Å². The molecule has 0 spiro atoms. The SMILES string of the molecule is O=CCC=Cc1ccc(C2OCCO2)cc1. The van der Waals surface area contributed by atoms with Gasteiger partial charge >= 0.3 is 0 Å². The molecule has 84 valence electrons. The van der Waals surface area contributed by atoms with E-state index in [1.54, 1.807) is 0 Å². The lowest BCUT2D eigenvalue weighted by atomic mass is 10.1. The van der Waals surface area contributed by atoms with Gasteiger partial charge in [-0.05, 0) is 5.56 Å². The normalized spacial score (nSPS) is 17.0. The Morgan fingerprint density at radius 1 is 1.19 bits per heavy atom.